The van der Waals surface area contributed by atoms with Crippen LogP contribution in [0.2, 0.25) is 13.1 Å². The molecule has 2 rings (SSSR count). The molecule has 21 heavy (non-hydrogen) atoms. The molecular formula is C18H23BrOSi. The molecule has 0 N–H and O–H groups in total. The van der Waals surface area contributed by atoms with Crippen molar-refractivity contribution in [3.63, 3.8) is 0 Å². The van der Waals surface area contributed by atoms with Gasteiger partial charge in [-0.25, -0.2) is 0 Å². The van der Waals surface area contributed by atoms with Crippen molar-refractivity contribution in [1.82, 2.24) is 0 Å². The zero-order valence-corrected chi connectivity index (χ0v) is 16.1. The summed E-state index contributed by atoms with van der Waals surface area (Å²) in [7, 11) is -1.12. The van der Waals surface area contributed by atoms with Crippen LogP contribution < -0.4 is 4.43 Å². The number of hydrogen-bond acceptors (Lipinski definition) is 1. The molecule has 0 atom stereocenters. The van der Waals surface area contributed by atoms with Gasteiger partial charge in [0.15, 0.2) is 0 Å². The van der Waals surface area contributed by atoms with Crippen LogP contribution in [-0.2, 0) is 5.41 Å². The van der Waals surface area contributed by atoms with Gasteiger partial charge in [0, 0.05) is 10.0 Å². The van der Waals surface area contributed by atoms with Crippen molar-refractivity contribution in [2.45, 2.75) is 39.3 Å². The lowest BCUT2D eigenvalue weighted by molar-refractivity contribution is 0.581. The topological polar surface area (TPSA) is 9.23 Å². The summed E-state index contributed by atoms with van der Waals surface area (Å²) in [5.74, 6) is 0.997. The zero-order valence-electron chi connectivity index (χ0n) is 13.4. The van der Waals surface area contributed by atoms with Gasteiger partial charge < -0.3 is 4.43 Å². The van der Waals surface area contributed by atoms with E-state index in [-0.39, 0.29) is 5.41 Å². The maximum Gasteiger partial charge on any atom is 0.229 e. The fourth-order valence-corrected chi connectivity index (χ4v) is 3.45. The molecule has 0 aromatic heterocycles. The van der Waals surface area contributed by atoms with E-state index in [1.54, 1.807) is 0 Å². The molecule has 0 saturated carbocycles. The van der Waals surface area contributed by atoms with Crippen LogP contribution in [0.5, 0.6) is 5.75 Å². The first-order valence-electron chi connectivity index (χ1n) is 7.34. The van der Waals surface area contributed by atoms with Crippen LogP contribution in [-0.4, -0.2) is 9.04 Å². The van der Waals surface area contributed by atoms with Crippen LogP contribution in [0.25, 0.3) is 11.1 Å². The molecule has 2 aromatic carbocycles. The fraction of sp³-hybridized carbons (Fsp3) is 0.333. The molecule has 0 fully saturated rings. The summed E-state index contributed by atoms with van der Waals surface area (Å²) in [6.07, 6.45) is 0. The van der Waals surface area contributed by atoms with Gasteiger partial charge in [0.2, 0.25) is 9.04 Å². The van der Waals surface area contributed by atoms with Crippen molar-refractivity contribution in [3.8, 4) is 16.9 Å². The molecule has 0 amide bonds. The van der Waals surface area contributed by atoms with Crippen molar-refractivity contribution in [1.29, 1.82) is 0 Å². The van der Waals surface area contributed by atoms with Gasteiger partial charge in [-0.15, -0.1) is 0 Å². The highest BCUT2D eigenvalue weighted by atomic mass is 79.9. The van der Waals surface area contributed by atoms with Gasteiger partial charge in [0.25, 0.3) is 0 Å². The number of benzene rings is 2. The van der Waals surface area contributed by atoms with E-state index >= 15 is 0 Å². The van der Waals surface area contributed by atoms with Gasteiger partial charge in [-0.2, -0.15) is 0 Å². The quantitative estimate of drug-likeness (QED) is 0.629. The second kappa shape index (κ2) is 6.37. The average Bonchev–Trinajstić information content (AvgIpc) is 2.37. The Kier molecular flexibility index (Phi) is 4.94. The van der Waals surface area contributed by atoms with Gasteiger partial charge >= 0.3 is 0 Å². The maximum absolute atomic E-state index is 6.09. The first kappa shape index (κ1) is 16.3. The summed E-state index contributed by atoms with van der Waals surface area (Å²) in [5.41, 5.74) is 3.83. The van der Waals surface area contributed by atoms with Gasteiger partial charge in [0.05, 0.1) is 0 Å². The molecule has 0 heterocycles. The molecule has 2 aromatic rings. The Labute approximate surface area is 138 Å². The minimum atomic E-state index is -1.12. The van der Waals surface area contributed by atoms with Gasteiger partial charge in [0.1, 0.15) is 5.75 Å². The summed E-state index contributed by atoms with van der Waals surface area (Å²) >= 11 is 3.65. The molecule has 0 bridgehead atoms. The second-order valence-electron chi connectivity index (χ2n) is 6.64. The van der Waals surface area contributed by atoms with Crippen molar-refractivity contribution in [2.75, 3.05) is 0 Å². The highest BCUT2D eigenvalue weighted by Crippen LogP contribution is 2.35. The highest BCUT2D eigenvalue weighted by Gasteiger charge is 2.16. The summed E-state index contributed by atoms with van der Waals surface area (Å²) in [5, 5.41) is 0. The van der Waals surface area contributed by atoms with Crippen LogP contribution in [0.15, 0.2) is 46.9 Å². The standard InChI is InChI=1S/C18H23BrOSi/c1-18(2,3)14-10-13(11-15(19)12-14)16-8-6-7-9-17(16)20-21(4)5/h6-12,21H,1-5H3. The largest absolute Gasteiger partial charge is 0.547 e. The SMILES string of the molecule is C[SiH](C)Oc1ccccc1-c1cc(Br)cc(C(C)(C)C)c1. The van der Waals surface area contributed by atoms with E-state index < -0.39 is 9.04 Å². The van der Waals surface area contributed by atoms with E-state index in [2.05, 4.69) is 86.2 Å². The van der Waals surface area contributed by atoms with E-state index in [1.165, 1.54) is 16.7 Å². The van der Waals surface area contributed by atoms with Crippen LogP contribution in [0.4, 0.5) is 0 Å². The van der Waals surface area contributed by atoms with Crippen molar-refractivity contribution >= 4 is 25.0 Å². The molecule has 0 aliphatic heterocycles. The number of rotatable bonds is 3. The number of para-hydroxylation sites is 1. The van der Waals surface area contributed by atoms with Crippen LogP contribution in [0.3, 0.4) is 0 Å². The Morgan fingerprint density at radius 3 is 2.29 bits per heavy atom. The molecule has 0 unspecified atom stereocenters. The van der Waals surface area contributed by atoms with E-state index in [1.807, 2.05) is 6.07 Å². The Balaban J connectivity index is 2.54. The lowest BCUT2D eigenvalue weighted by atomic mass is 9.85. The van der Waals surface area contributed by atoms with E-state index in [0.29, 0.717) is 0 Å². The molecule has 112 valence electrons. The van der Waals surface area contributed by atoms with Crippen molar-refractivity contribution in [3.05, 3.63) is 52.5 Å². The molecule has 0 aliphatic carbocycles. The van der Waals surface area contributed by atoms with Gasteiger partial charge in [-0.05, 0) is 47.8 Å². The van der Waals surface area contributed by atoms with E-state index in [9.17, 15) is 0 Å². The molecule has 0 saturated heterocycles. The lowest BCUT2D eigenvalue weighted by Crippen LogP contribution is -2.12. The zero-order chi connectivity index (χ0) is 15.6. The highest BCUT2D eigenvalue weighted by molar-refractivity contribution is 9.10. The molecule has 0 spiro atoms. The smallest absolute Gasteiger partial charge is 0.229 e. The first-order chi connectivity index (χ1) is 9.77. The van der Waals surface area contributed by atoms with E-state index in [0.717, 1.165) is 10.2 Å². The minimum Gasteiger partial charge on any atom is -0.547 e. The van der Waals surface area contributed by atoms with Crippen LogP contribution in [0, 0.1) is 0 Å². The predicted octanol–water partition coefficient (Wildman–Crippen LogP) is 5.78. The van der Waals surface area contributed by atoms with E-state index in [4.69, 9.17) is 4.43 Å². The Morgan fingerprint density at radius 1 is 1.00 bits per heavy atom. The van der Waals surface area contributed by atoms with Gasteiger partial charge in [-0.3, -0.25) is 0 Å². The Hall–Kier alpha value is -1.06. The van der Waals surface area contributed by atoms with Gasteiger partial charge in [-0.1, -0.05) is 61.0 Å². The Bertz CT molecular complexity index is 629. The van der Waals surface area contributed by atoms with Crippen molar-refractivity contribution in [2.24, 2.45) is 0 Å². The normalized spacial score (nSPS) is 11.8. The summed E-state index contributed by atoms with van der Waals surface area (Å²) in [6, 6.07) is 15.0. The van der Waals surface area contributed by atoms with Crippen LogP contribution in [0.1, 0.15) is 26.3 Å². The third kappa shape index (κ3) is 4.21. The Morgan fingerprint density at radius 2 is 1.67 bits per heavy atom. The molecule has 3 heteroatoms. The molecular weight excluding hydrogens is 340 g/mol. The third-order valence-corrected chi connectivity index (χ3v) is 4.51. The predicted molar refractivity (Wildman–Crippen MR) is 97.8 cm³/mol. The number of hydrogen-bond donors (Lipinski definition) is 0. The second-order valence-corrected chi connectivity index (χ2v) is 9.89. The minimum absolute atomic E-state index is 0.126. The lowest BCUT2D eigenvalue weighted by Gasteiger charge is -2.21. The monoisotopic (exact) mass is 362 g/mol. The third-order valence-electron chi connectivity index (χ3n) is 3.32. The summed E-state index contributed by atoms with van der Waals surface area (Å²) in [6.45, 7) is 11.1. The summed E-state index contributed by atoms with van der Waals surface area (Å²) in [4.78, 5) is 0. The number of halogens is 1. The molecule has 1 nitrogen and oxygen atoms in total. The molecule has 0 aliphatic rings. The summed E-state index contributed by atoms with van der Waals surface area (Å²) < 4.78 is 7.20. The maximum atomic E-state index is 6.09. The first-order valence-corrected chi connectivity index (χ1v) is 10.9. The van der Waals surface area contributed by atoms with Crippen LogP contribution >= 0.6 is 15.9 Å². The molecule has 0 radical (unpaired) electrons. The van der Waals surface area contributed by atoms with Crippen molar-refractivity contribution < 1.29 is 4.43 Å². The fourth-order valence-electron chi connectivity index (χ4n) is 2.24. The average molecular weight is 363 g/mol.